The fraction of sp³-hybridized carbons (Fsp3) is 0.316. The lowest BCUT2D eigenvalue weighted by Crippen LogP contribution is -2.37. The number of aromatic nitrogens is 3. The van der Waals surface area contributed by atoms with E-state index < -0.39 is 5.82 Å². The van der Waals surface area contributed by atoms with Crippen LogP contribution in [0.25, 0.3) is 22.2 Å². The number of nitrogens with one attached hydrogen (secondary N) is 1. The van der Waals surface area contributed by atoms with Crippen molar-refractivity contribution in [2.24, 2.45) is 0 Å². The highest BCUT2D eigenvalue weighted by Crippen LogP contribution is 2.36. The van der Waals surface area contributed by atoms with Gasteiger partial charge < -0.3 is 14.6 Å². The van der Waals surface area contributed by atoms with Crippen molar-refractivity contribution < 1.29 is 13.9 Å². The molecule has 0 aliphatic carbocycles. The summed E-state index contributed by atoms with van der Waals surface area (Å²) in [6.45, 7) is 6.30. The van der Waals surface area contributed by atoms with E-state index in [2.05, 4.69) is 15.3 Å². The Hall–Kier alpha value is -2.51. The van der Waals surface area contributed by atoms with Gasteiger partial charge in [0.15, 0.2) is 5.82 Å². The van der Waals surface area contributed by atoms with Crippen LogP contribution in [0.2, 0.25) is 5.02 Å². The van der Waals surface area contributed by atoms with Gasteiger partial charge in [0, 0.05) is 18.7 Å². The predicted octanol–water partition coefficient (Wildman–Crippen LogP) is 4.11. The number of anilines is 1. The first-order chi connectivity index (χ1) is 12.8. The second-order valence-corrected chi connectivity index (χ2v) is 7.63. The van der Waals surface area contributed by atoms with Crippen molar-refractivity contribution in [2.75, 3.05) is 11.9 Å². The van der Waals surface area contributed by atoms with Crippen LogP contribution in [0.3, 0.4) is 0 Å². The number of amides is 1. The topological polar surface area (TPSA) is 69.0 Å². The van der Waals surface area contributed by atoms with E-state index in [1.807, 2.05) is 24.5 Å². The highest BCUT2D eigenvalue weighted by molar-refractivity contribution is 6.33. The number of halogens is 2. The van der Waals surface area contributed by atoms with E-state index >= 15 is 0 Å². The molecule has 3 aromatic rings. The molecular formula is C19H18ClFN4O2. The van der Waals surface area contributed by atoms with Crippen molar-refractivity contribution in [1.29, 1.82) is 0 Å². The van der Waals surface area contributed by atoms with E-state index in [1.165, 1.54) is 19.2 Å². The van der Waals surface area contributed by atoms with Gasteiger partial charge >= 0.3 is 0 Å². The Morgan fingerprint density at radius 2 is 2.15 bits per heavy atom. The lowest BCUT2D eigenvalue weighted by molar-refractivity contribution is -0.114. The molecular weight excluding hydrogens is 371 g/mol. The molecule has 0 radical (unpaired) electrons. The molecule has 27 heavy (non-hydrogen) atoms. The summed E-state index contributed by atoms with van der Waals surface area (Å²) in [7, 11) is 0. The third-order valence-corrected chi connectivity index (χ3v) is 4.85. The highest BCUT2D eigenvalue weighted by atomic mass is 35.5. The summed E-state index contributed by atoms with van der Waals surface area (Å²) in [5, 5.41) is 2.98. The number of hydrogen-bond donors (Lipinski definition) is 1. The molecule has 3 heterocycles. The average Bonchev–Trinajstić information content (AvgIpc) is 2.96. The number of pyridine rings is 1. The Labute approximate surface area is 160 Å². The van der Waals surface area contributed by atoms with Gasteiger partial charge in [-0.2, -0.15) is 0 Å². The Kier molecular flexibility index (Phi) is 4.16. The van der Waals surface area contributed by atoms with E-state index in [9.17, 15) is 9.18 Å². The van der Waals surface area contributed by atoms with Gasteiger partial charge in [-0.3, -0.25) is 4.79 Å². The monoisotopic (exact) mass is 388 g/mol. The van der Waals surface area contributed by atoms with E-state index in [-0.39, 0.29) is 11.4 Å². The predicted molar refractivity (Wildman–Crippen MR) is 101 cm³/mol. The second-order valence-electron chi connectivity index (χ2n) is 7.23. The molecule has 140 valence electrons. The zero-order valence-corrected chi connectivity index (χ0v) is 15.9. The van der Waals surface area contributed by atoms with Gasteiger partial charge in [-0.25, -0.2) is 14.4 Å². The number of carbonyl (C=O) groups excluding carboxylic acids is 1. The smallest absolute Gasteiger partial charge is 0.222 e. The first-order valence-corrected chi connectivity index (χ1v) is 8.87. The minimum Gasteiger partial charge on any atom is -0.371 e. The van der Waals surface area contributed by atoms with Gasteiger partial charge in [0.05, 0.1) is 22.7 Å². The second kappa shape index (κ2) is 6.28. The molecule has 1 N–H and O–H groups in total. The quantitative estimate of drug-likeness (QED) is 0.717. The minimum atomic E-state index is -0.436. The molecule has 0 bridgehead atoms. The number of fused-ring (bicyclic) bond motifs is 3. The van der Waals surface area contributed by atoms with Gasteiger partial charge in [0.2, 0.25) is 5.91 Å². The zero-order valence-electron chi connectivity index (χ0n) is 15.1. The third kappa shape index (κ3) is 3.07. The normalized spacial score (nSPS) is 15.6. The standard InChI is InChI=1S/C19H18ClFN4O2/c1-10(26)23-16-6-12(13(20)7-22-16)11-4-14(21)18-15(5-11)25-17(24-18)8-27-9-19(25,2)3/h4-7H,8-9H2,1-3H3,(H,22,23,26). The molecule has 0 unspecified atom stereocenters. The minimum absolute atomic E-state index is 0.246. The number of imidazole rings is 1. The first kappa shape index (κ1) is 17.9. The Bertz CT molecular complexity index is 1080. The lowest BCUT2D eigenvalue weighted by atomic mass is 10.0. The fourth-order valence-electron chi connectivity index (χ4n) is 3.48. The summed E-state index contributed by atoms with van der Waals surface area (Å²) in [5.74, 6) is 0.363. The van der Waals surface area contributed by atoms with Crippen molar-refractivity contribution in [3.8, 4) is 11.1 Å². The maximum atomic E-state index is 14.9. The molecule has 0 saturated heterocycles. The van der Waals surface area contributed by atoms with Crippen LogP contribution in [0.15, 0.2) is 24.4 Å². The SMILES string of the molecule is CC(=O)Nc1cc(-c2cc(F)c3nc4n(c3c2)C(C)(C)COC4)c(Cl)cn1. The molecule has 0 saturated carbocycles. The summed E-state index contributed by atoms with van der Waals surface area (Å²) in [5.41, 5.74) is 1.80. The highest BCUT2D eigenvalue weighted by Gasteiger charge is 2.31. The summed E-state index contributed by atoms with van der Waals surface area (Å²) in [6.07, 6.45) is 1.44. The molecule has 2 aromatic heterocycles. The number of rotatable bonds is 2. The van der Waals surface area contributed by atoms with Crippen LogP contribution in [0.5, 0.6) is 0 Å². The molecule has 0 atom stereocenters. The Balaban J connectivity index is 1.93. The van der Waals surface area contributed by atoms with Crippen molar-refractivity contribution >= 4 is 34.4 Å². The average molecular weight is 389 g/mol. The van der Waals surface area contributed by atoms with E-state index in [0.717, 1.165) is 0 Å². The van der Waals surface area contributed by atoms with Crippen molar-refractivity contribution in [2.45, 2.75) is 32.9 Å². The van der Waals surface area contributed by atoms with Crippen LogP contribution in [0.4, 0.5) is 10.2 Å². The van der Waals surface area contributed by atoms with Gasteiger partial charge in [-0.15, -0.1) is 0 Å². The Morgan fingerprint density at radius 3 is 2.89 bits per heavy atom. The summed E-state index contributed by atoms with van der Waals surface area (Å²) >= 11 is 6.30. The van der Waals surface area contributed by atoms with E-state index in [1.54, 1.807) is 6.07 Å². The van der Waals surface area contributed by atoms with Gasteiger partial charge in [0.25, 0.3) is 0 Å². The Morgan fingerprint density at radius 1 is 1.37 bits per heavy atom. The molecule has 1 aliphatic rings. The molecule has 6 nitrogen and oxygen atoms in total. The van der Waals surface area contributed by atoms with Crippen molar-refractivity contribution in [1.82, 2.24) is 14.5 Å². The molecule has 8 heteroatoms. The maximum absolute atomic E-state index is 14.9. The number of ether oxygens (including phenoxy) is 1. The molecule has 1 amide bonds. The van der Waals surface area contributed by atoms with Crippen LogP contribution in [-0.4, -0.2) is 27.0 Å². The fourth-order valence-corrected chi connectivity index (χ4v) is 3.69. The molecule has 1 aliphatic heterocycles. The number of carbonyl (C=O) groups is 1. The zero-order chi connectivity index (χ0) is 19.3. The third-order valence-electron chi connectivity index (χ3n) is 4.55. The van der Waals surface area contributed by atoms with Crippen LogP contribution < -0.4 is 5.32 Å². The molecule has 0 fully saturated rings. The summed E-state index contributed by atoms with van der Waals surface area (Å²) in [4.78, 5) is 19.8. The number of benzene rings is 1. The number of nitrogens with zero attached hydrogens (tertiary/aromatic N) is 3. The molecule has 1 aromatic carbocycles. The summed E-state index contributed by atoms with van der Waals surface area (Å²) < 4.78 is 22.5. The van der Waals surface area contributed by atoms with Crippen LogP contribution in [0, 0.1) is 5.82 Å². The van der Waals surface area contributed by atoms with Crippen molar-refractivity contribution in [3.63, 3.8) is 0 Å². The molecule has 0 spiro atoms. The largest absolute Gasteiger partial charge is 0.371 e. The van der Waals surface area contributed by atoms with E-state index in [0.29, 0.717) is 52.0 Å². The number of hydrogen-bond acceptors (Lipinski definition) is 4. The van der Waals surface area contributed by atoms with Gasteiger partial charge in [0.1, 0.15) is 23.8 Å². The first-order valence-electron chi connectivity index (χ1n) is 8.49. The van der Waals surface area contributed by atoms with Crippen LogP contribution >= 0.6 is 11.6 Å². The maximum Gasteiger partial charge on any atom is 0.222 e. The van der Waals surface area contributed by atoms with Crippen molar-refractivity contribution in [3.05, 3.63) is 41.1 Å². The van der Waals surface area contributed by atoms with Crippen LogP contribution in [-0.2, 0) is 21.7 Å². The summed E-state index contributed by atoms with van der Waals surface area (Å²) in [6, 6.07) is 4.89. The van der Waals surface area contributed by atoms with Gasteiger partial charge in [-0.05, 0) is 37.6 Å². The molecule has 4 rings (SSSR count). The van der Waals surface area contributed by atoms with Crippen LogP contribution in [0.1, 0.15) is 26.6 Å². The van der Waals surface area contributed by atoms with Gasteiger partial charge in [-0.1, -0.05) is 11.6 Å². The van der Waals surface area contributed by atoms with E-state index in [4.69, 9.17) is 16.3 Å². The lowest BCUT2D eigenvalue weighted by Gasteiger charge is -2.33.